The van der Waals surface area contributed by atoms with Crippen LogP contribution in [0.5, 0.6) is 0 Å². The summed E-state index contributed by atoms with van der Waals surface area (Å²) >= 11 is 1.62. The number of nitrogens with zero attached hydrogens (tertiary/aromatic N) is 1. The molecule has 0 radical (unpaired) electrons. The molecule has 1 aromatic rings. The lowest BCUT2D eigenvalue weighted by Crippen LogP contribution is -2.51. The Morgan fingerprint density at radius 2 is 1.62 bits per heavy atom. The number of aryl methyl sites for hydroxylation is 2. The SMILES string of the molecule is O=C(CSc1ccc2c(c1)CCC2)NC1CCN(C(=O)NC2CCCCC2)CC1. The van der Waals surface area contributed by atoms with Crippen LogP contribution in [-0.4, -0.2) is 47.8 Å². The van der Waals surface area contributed by atoms with Crippen molar-refractivity contribution in [3.05, 3.63) is 29.3 Å². The minimum Gasteiger partial charge on any atom is -0.353 e. The molecule has 0 aromatic heterocycles. The van der Waals surface area contributed by atoms with Gasteiger partial charge >= 0.3 is 6.03 Å². The summed E-state index contributed by atoms with van der Waals surface area (Å²) in [7, 11) is 0. The van der Waals surface area contributed by atoms with Crippen molar-refractivity contribution in [3.8, 4) is 0 Å². The number of likely N-dealkylation sites (tertiary alicyclic amines) is 1. The third-order valence-corrected chi connectivity index (χ3v) is 7.51. The number of fused-ring (bicyclic) bond motifs is 1. The fraction of sp³-hybridized carbons (Fsp3) is 0.652. The van der Waals surface area contributed by atoms with Crippen LogP contribution in [0.1, 0.15) is 62.5 Å². The highest BCUT2D eigenvalue weighted by Crippen LogP contribution is 2.27. The van der Waals surface area contributed by atoms with Crippen LogP contribution >= 0.6 is 11.8 Å². The van der Waals surface area contributed by atoms with E-state index in [9.17, 15) is 9.59 Å². The Labute approximate surface area is 178 Å². The molecule has 0 bridgehead atoms. The number of nitrogens with one attached hydrogen (secondary N) is 2. The molecular formula is C23H33N3O2S. The standard InChI is InChI=1S/C23H33N3O2S/c27-22(16-29-21-10-9-17-5-4-6-18(17)15-21)24-20-11-13-26(14-12-20)23(28)25-19-7-2-1-3-8-19/h9-10,15,19-20H,1-8,11-14,16H2,(H,24,27)(H,25,28). The Morgan fingerprint density at radius 1 is 0.897 bits per heavy atom. The number of thioether (sulfide) groups is 1. The normalized spacial score (nSPS) is 20.3. The van der Waals surface area contributed by atoms with E-state index < -0.39 is 0 Å². The molecule has 3 amide bonds. The smallest absolute Gasteiger partial charge is 0.317 e. The van der Waals surface area contributed by atoms with Crippen LogP contribution in [0.25, 0.3) is 0 Å². The number of hydrogen-bond donors (Lipinski definition) is 2. The minimum absolute atomic E-state index is 0.0776. The van der Waals surface area contributed by atoms with Gasteiger partial charge in [0.1, 0.15) is 0 Å². The highest BCUT2D eigenvalue weighted by molar-refractivity contribution is 8.00. The molecule has 2 aliphatic carbocycles. The van der Waals surface area contributed by atoms with Gasteiger partial charge in [0.05, 0.1) is 5.75 Å². The van der Waals surface area contributed by atoms with Crippen molar-refractivity contribution in [1.82, 2.24) is 15.5 Å². The van der Waals surface area contributed by atoms with E-state index in [2.05, 4.69) is 28.8 Å². The van der Waals surface area contributed by atoms with Gasteiger partial charge in [0.15, 0.2) is 0 Å². The monoisotopic (exact) mass is 415 g/mol. The Hall–Kier alpha value is -1.69. The van der Waals surface area contributed by atoms with Crippen molar-refractivity contribution in [1.29, 1.82) is 0 Å². The van der Waals surface area contributed by atoms with Gasteiger partial charge in [-0.2, -0.15) is 0 Å². The maximum Gasteiger partial charge on any atom is 0.317 e. The van der Waals surface area contributed by atoms with Crippen molar-refractivity contribution in [2.75, 3.05) is 18.8 Å². The summed E-state index contributed by atoms with van der Waals surface area (Å²) in [6.45, 7) is 1.45. The molecule has 0 unspecified atom stereocenters. The second-order valence-corrected chi connectivity index (χ2v) is 9.73. The molecular weight excluding hydrogens is 382 g/mol. The lowest BCUT2D eigenvalue weighted by Gasteiger charge is -2.34. The summed E-state index contributed by atoms with van der Waals surface area (Å²) in [5.74, 6) is 0.557. The predicted octanol–water partition coefficient (Wildman–Crippen LogP) is 3.89. The Balaban J connectivity index is 1.15. The average Bonchev–Trinajstić information content (AvgIpc) is 3.21. The van der Waals surface area contributed by atoms with Crippen LogP contribution in [-0.2, 0) is 17.6 Å². The highest BCUT2D eigenvalue weighted by Gasteiger charge is 2.25. The van der Waals surface area contributed by atoms with E-state index in [-0.39, 0.29) is 18.0 Å². The summed E-state index contributed by atoms with van der Waals surface area (Å²) < 4.78 is 0. The van der Waals surface area contributed by atoms with E-state index in [0.29, 0.717) is 11.8 Å². The number of hydrogen-bond acceptors (Lipinski definition) is 3. The number of amides is 3. The quantitative estimate of drug-likeness (QED) is 0.717. The minimum atomic E-state index is 0.0776. The number of piperidine rings is 1. The summed E-state index contributed by atoms with van der Waals surface area (Å²) in [5.41, 5.74) is 2.92. The molecule has 6 heteroatoms. The molecule has 5 nitrogen and oxygen atoms in total. The molecule has 0 atom stereocenters. The first kappa shape index (κ1) is 20.6. The maximum atomic E-state index is 12.5. The molecule has 3 aliphatic rings. The fourth-order valence-corrected chi connectivity index (χ4v) is 5.57. The van der Waals surface area contributed by atoms with Crippen LogP contribution in [0.2, 0.25) is 0 Å². The van der Waals surface area contributed by atoms with Gasteiger partial charge in [0, 0.05) is 30.1 Å². The van der Waals surface area contributed by atoms with Crippen molar-refractivity contribution < 1.29 is 9.59 Å². The second kappa shape index (κ2) is 9.88. The van der Waals surface area contributed by atoms with E-state index in [0.717, 1.165) is 38.8 Å². The Bertz CT molecular complexity index is 725. The first-order valence-electron chi connectivity index (χ1n) is 11.3. The van der Waals surface area contributed by atoms with Gasteiger partial charge in [-0.05, 0) is 68.2 Å². The zero-order valence-corrected chi connectivity index (χ0v) is 18.1. The number of carbonyl (C=O) groups is 2. The lowest BCUT2D eigenvalue weighted by atomic mass is 9.95. The number of carbonyl (C=O) groups excluding carboxylic acids is 2. The second-order valence-electron chi connectivity index (χ2n) is 8.69. The molecule has 1 heterocycles. The van der Waals surface area contributed by atoms with E-state index in [1.807, 2.05) is 4.90 Å². The number of benzene rings is 1. The predicted molar refractivity (Wildman–Crippen MR) is 117 cm³/mol. The van der Waals surface area contributed by atoms with Crippen LogP contribution in [0, 0.1) is 0 Å². The number of urea groups is 1. The molecule has 1 saturated carbocycles. The Kier molecular flexibility index (Phi) is 7.01. The maximum absolute atomic E-state index is 12.5. The fourth-order valence-electron chi connectivity index (χ4n) is 4.80. The van der Waals surface area contributed by atoms with Gasteiger partial charge in [-0.15, -0.1) is 11.8 Å². The van der Waals surface area contributed by atoms with Crippen molar-refractivity contribution in [2.45, 2.75) is 81.2 Å². The average molecular weight is 416 g/mol. The molecule has 29 heavy (non-hydrogen) atoms. The van der Waals surface area contributed by atoms with Crippen LogP contribution in [0.15, 0.2) is 23.1 Å². The van der Waals surface area contributed by atoms with Crippen LogP contribution in [0.3, 0.4) is 0 Å². The summed E-state index contributed by atoms with van der Waals surface area (Å²) in [4.78, 5) is 27.9. The van der Waals surface area contributed by atoms with Crippen LogP contribution < -0.4 is 10.6 Å². The van der Waals surface area contributed by atoms with Gasteiger partial charge < -0.3 is 15.5 Å². The van der Waals surface area contributed by atoms with Crippen LogP contribution in [0.4, 0.5) is 4.79 Å². The van der Waals surface area contributed by atoms with Gasteiger partial charge in [-0.1, -0.05) is 25.3 Å². The van der Waals surface area contributed by atoms with Crippen molar-refractivity contribution in [3.63, 3.8) is 0 Å². The first-order valence-corrected chi connectivity index (χ1v) is 12.3. The third kappa shape index (κ3) is 5.68. The molecule has 0 spiro atoms. The summed E-state index contributed by atoms with van der Waals surface area (Å²) in [6.07, 6.45) is 11.3. The summed E-state index contributed by atoms with van der Waals surface area (Å²) in [6, 6.07) is 7.23. The summed E-state index contributed by atoms with van der Waals surface area (Å²) in [5, 5.41) is 6.36. The van der Waals surface area contributed by atoms with Gasteiger partial charge in [-0.25, -0.2) is 4.79 Å². The third-order valence-electron chi connectivity index (χ3n) is 6.52. The van der Waals surface area contributed by atoms with E-state index in [4.69, 9.17) is 0 Å². The van der Waals surface area contributed by atoms with Gasteiger partial charge in [0.2, 0.25) is 5.91 Å². The zero-order valence-electron chi connectivity index (χ0n) is 17.3. The molecule has 2 fully saturated rings. The first-order chi connectivity index (χ1) is 14.2. The highest BCUT2D eigenvalue weighted by atomic mass is 32.2. The molecule has 4 rings (SSSR count). The van der Waals surface area contributed by atoms with Gasteiger partial charge in [0.25, 0.3) is 0 Å². The largest absolute Gasteiger partial charge is 0.353 e. The van der Waals surface area contributed by atoms with Crippen molar-refractivity contribution in [2.24, 2.45) is 0 Å². The molecule has 1 aromatic carbocycles. The van der Waals surface area contributed by atoms with E-state index >= 15 is 0 Å². The number of rotatable bonds is 5. The topological polar surface area (TPSA) is 61.4 Å². The molecule has 2 N–H and O–H groups in total. The molecule has 1 aliphatic heterocycles. The molecule has 158 valence electrons. The Morgan fingerprint density at radius 3 is 2.41 bits per heavy atom. The molecule has 1 saturated heterocycles. The van der Waals surface area contributed by atoms with Gasteiger partial charge in [-0.3, -0.25) is 4.79 Å². The van der Waals surface area contributed by atoms with E-state index in [1.54, 1.807) is 11.8 Å². The zero-order chi connectivity index (χ0) is 20.1. The van der Waals surface area contributed by atoms with E-state index in [1.165, 1.54) is 54.5 Å². The van der Waals surface area contributed by atoms with Crippen molar-refractivity contribution >= 4 is 23.7 Å². The lowest BCUT2D eigenvalue weighted by molar-refractivity contribution is -0.119.